The van der Waals surface area contributed by atoms with Crippen LogP contribution in [0.3, 0.4) is 0 Å². The molecule has 2 amide bonds. The van der Waals surface area contributed by atoms with Crippen LogP contribution in [-0.4, -0.2) is 35.2 Å². The Morgan fingerprint density at radius 3 is 2.80 bits per heavy atom. The summed E-state index contributed by atoms with van der Waals surface area (Å²) in [5, 5.41) is 13.3. The molecule has 0 radical (unpaired) electrons. The maximum Gasteiger partial charge on any atom is 0.326 e. The van der Waals surface area contributed by atoms with Crippen LogP contribution in [0.15, 0.2) is 18.2 Å². The fraction of sp³-hybridized carbons (Fsp3) is 0.333. The van der Waals surface area contributed by atoms with E-state index in [2.05, 4.69) is 10.6 Å². The number of carboxylic acid groups (broad SMARTS) is 1. The maximum absolute atomic E-state index is 13.6. The maximum atomic E-state index is 13.6. The van der Waals surface area contributed by atoms with E-state index in [1.807, 2.05) is 6.26 Å². The molecule has 0 aromatic heterocycles. The van der Waals surface area contributed by atoms with Crippen molar-refractivity contribution in [2.75, 3.05) is 17.3 Å². The Labute approximate surface area is 124 Å². The number of halogens is 2. The van der Waals surface area contributed by atoms with Gasteiger partial charge in [-0.1, -0.05) is 17.7 Å². The highest BCUT2D eigenvalue weighted by Gasteiger charge is 2.20. The lowest BCUT2D eigenvalue weighted by Crippen LogP contribution is -2.43. The summed E-state index contributed by atoms with van der Waals surface area (Å²) >= 11 is 7.05. The number of anilines is 1. The zero-order valence-electron chi connectivity index (χ0n) is 10.7. The summed E-state index contributed by atoms with van der Waals surface area (Å²) in [4.78, 5) is 22.6. The molecule has 0 aliphatic heterocycles. The van der Waals surface area contributed by atoms with E-state index >= 15 is 0 Å². The van der Waals surface area contributed by atoms with Crippen LogP contribution in [0.25, 0.3) is 0 Å². The lowest BCUT2D eigenvalue weighted by Gasteiger charge is -2.15. The van der Waals surface area contributed by atoms with E-state index in [9.17, 15) is 14.0 Å². The molecule has 1 aromatic rings. The van der Waals surface area contributed by atoms with Gasteiger partial charge in [0.15, 0.2) is 5.82 Å². The van der Waals surface area contributed by atoms with Gasteiger partial charge >= 0.3 is 12.0 Å². The molecule has 0 bridgehead atoms. The van der Waals surface area contributed by atoms with Gasteiger partial charge in [0, 0.05) is 0 Å². The molecule has 110 valence electrons. The third-order valence-electron chi connectivity index (χ3n) is 2.41. The highest BCUT2D eigenvalue weighted by Crippen LogP contribution is 2.21. The predicted molar refractivity (Wildman–Crippen MR) is 78.0 cm³/mol. The number of hydrogen-bond donors (Lipinski definition) is 3. The first-order valence-corrected chi connectivity index (χ1v) is 7.46. The normalized spacial score (nSPS) is 11.8. The van der Waals surface area contributed by atoms with Crippen molar-refractivity contribution in [2.24, 2.45) is 0 Å². The van der Waals surface area contributed by atoms with Gasteiger partial charge in [0.25, 0.3) is 0 Å². The molecule has 0 fully saturated rings. The fourth-order valence-corrected chi connectivity index (χ4v) is 2.06. The number of benzene rings is 1. The first kappa shape index (κ1) is 16.6. The number of carbonyl (C=O) groups is 2. The molecule has 0 heterocycles. The van der Waals surface area contributed by atoms with Crippen LogP contribution >= 0.6 is 23.4 Å². The summed E-state index contributed by atoms with van der Waals surface area (Å²) in [6.07, 6.45) is 2.11. The molecule has 0 aliphatic rings. The number of amides is 2. The largest absolute Gasteiger partial charge is 0.480 e. The molecule has 0 spiro atoms. The highest BCUT2D eigenvalue weighted by atomic mass is 35.5. The van der Waals surface area contributed by atoms with Gasteiger partial charge in [-0.2, -0.15) is 11.8 Å². The Balaban J connectivity index is 2.66. The number of urea groups is 1. The Kier molecular flexibility index (Phi) is 6.60. The highest BCUT2D eigenvalue weighted by molar-refractivity contribution is 7.98. The molecular formula is C12H14ClFN2O3S. The molecule has 0 saturated heterocycles. The third-order valence-corrected chi connectivity index (χ3v) is 3.35. The average molecular weight is 321 g/mol. The van der Waals surface area contributed by atoms with Crippen LogP contribution < -0.4 is 10.6 Å². The van der Waals surface area contributed by atoms with Crippen molar-refractivity contribution < 1.29 is 19.1 Å². The minimum Gasteiger partial charge on any atom is -0.480 e. The zero-order valence-corrected chi connectivity index (χ0v) is 12.2. The summed E-state index contributed by atoms with van der Waals surface area (Å²) in [6.45, 7) is 0. The van der Waals surface area contributed by atoms with Gasteiger partial charge in [-0.3, -0.25) is 0 Å². The van der Waals surface area contributed by atoms with E-state index in [1.165, 1.54) is 30.0 Å². The number of hydrogen-bond acceptors (Lipinski definition) is 3. The topological polar surface area (TPSA) is 78.4 Å². The van der Waals surface area contributed by atoms with Gasteiger partial charge in [0.05, 0.1) is 10.7 Å². The van der Waals surface area contributed by atoms with Crippen LogP contribution in [0, 0.1) is 5.82 Å². The summed E-state index contributed by atoms with van der Waals surface area (Å²) in [5.41, 5.74) is -0.107. The second-order valence-corrected chi connectivity index (χ2v) is 5.26. The number of aliphatic carboxylic acids is 1. The molecular weight excluding hydrogens is 307 g/mol. The minimum atomic E-state index is -1.14. The summed E-state index contributed by atoms with van der Waals surface area (Å²) in [5.74, 6) is -1.32. The quantitative estimate of drug-likeness (QED) is 0.753. The van der Waals surface area contributed by atoms with Gasteiger partial charge < -0.3 is 15.7 Å². The third kappa shape index (κ3) is 4.90. The molecule has 20 heavy (non-hydrogen) atoms. The van der Waals surface area contributed by atoms with Crippen LogP contribution in [0.1, 0.15) is 6.42 Å². The van der Waals surface area contributed by atoms with Gasteiger partial charge in [0.2, 0.25) is 0 Å². The van der Waals surface area contributed by atoms with Crippen molar-refractivity contribution in [3.05, 3.63) is 29.0 Å². The van der Waals surface area contributed by atoms with Gasteiger partial charge in [0.1, 0.15) is 6.04 Å². The molecule has 1 atom stereocenters. The molecule has 1 aromatic carbocycles. The van der Waals surface area contributed by atoms with Crippen molar-refractivity contribution in [3.63, 3.8) is 0 Å². The molecule has 3 N–H and O–H groups in total. The molecule has 0 unspecified atom stereocenters. The van der Waals surface area contributed by atoms with E-state index in [-0.39, 0.29) is 17.1 Å². The molecule has 5 nitrogen and oxygen atoms in total. The number of carbonyl (C=O) groups excluding carboxylic acids is 1. The van der Waals surface area contributed by atoms with E-state index in [0.717, 1.165) is 0 Å². The van der Waals surface area contributed by atoms with Crippen molar-refractivity contribution >= 4 is 41.1 Å². The smallest absolute Gasteiger partial charge is 0.326 e. The minimum absolute atomic E-state index is 0.107. The van der Waals surface area contributed by atoms with Crippen LogP contribution in [0.2, 0.25) is 5.02 Å². The monoisotopic (exact) mass is 320 g/mol. The van der Waals surface area contributed by atoms with Crippen LogP contribution in [0.5, 0.6) is 0 Å². The van der Waals surface area contributed by atoms with Crippen molar-refractivity contribution in [1.29, 1.82) is 0 Å². The van der Waals surface area contributed by atoms with Crippen LogP contribution in [0.4, 0.5) is 14.9 Å². The Morgan fingerprint density at radius 2 is 2.20 bits per heavy atom. The average Bonchev–Trinajstić information content (AvgIpc) is 2.39. The van der Waals surface area contributed by atoms with E-state index in [1.54, 1.807) is 0 Å². The molecule has 0 saturated carbocycles. The molecule has 1 rings (SSSR count). The van der Waals surface area contributed by atoms with E-state index < -0.39 is 23.9 Å². The fourth-order valence-electron chi connectivity index (χ4n) is 1.41. The Morgan fingerprint density at radius 1 is 1.50 bits per heavy atom. The SMILES string of the molecule is CSCC[C@@H](NC(=O)Nc1cccc(Cl)c1F)C(=O)O. The number of nitrogens with one attached hydrogen (secondary N) is 2. The van der Waals surface area contributed by atoms with Crippen molar-refractivity contribution in [3.8, 4) is 0 Å². The second kappa shape index (κ2) is 7.96. The second-order valence-electron chi connectivity index (χ2n) is 3.87. The first-order valence-electron chi connectivity index (χ1n) is 5.69. The van der Waals surface area contributed by atoms with Crippen LogP contribution in [-0.2, 0) is 4.79 Å². The standard InChI is InChI=1S/C12H14ClFN2O3S/c1-20-6-5-9(11(17)18)16-12(19)15-8-4-2-3-7(13)10(8)14/h2-4,9H,5-6H2,1H3,(H,17,18)(H2,15,16,19)/t9-/m1/s1. The van der Waals surface area contributed by atoms with Gasteiger partial charge in [-0.25, -0.2) is 14.0 Å². The summed E-state index contributed by atoms with van der Waals surface area (Å²) in [6, 6.07) is 2.34. The molecule has 0 aliphatic carbocycles. The van der Waals surface area contributed by atoms with Crippen molar-refractivity contribution in [2.45, 2.75) is 12.5 Å². The summed E-state index contributed by atoms with van der Waals surface area (Å²) < 4.78 is 13.6. The number of thioether (sulfide) groups is 1. The van der Waals surface area contributed by atoms with Crippen molar-refractivity contribution in [1.82, 2.24) is 5.32 Å². The Hall–Kier alpha value is -1.47. The number of rotatable bonds is 6. The van der Waals surface area contributed by atoms with Gasteiger partial charge in [-0.05, 0) is 30.6 Å². The summed E-state index contributed by atoms with van der Waals surface area (Å²) in [7, 11) is 0. The van der Waals surface area contributed by atoms with E-state index in [4.69, 9.17) is 16.7 Å². The zero-order chi connectivity index (χ0) is 15.1. The lowest BCUT2D eigenvalue weighted by atomic mass is 10.2. The first-order chi connectivity index (χ1) is 9.45. The van der Waals surface area contributed by atoms with E-state index in [0.29, 0.717) is 5.75 Å². The predicted octanol–water partition coefficient (Wildman–Crippen LogP) is 2.81. The van der Waals surface area contributed by atoms with Gasteiger partial charge in [-0.15, -0.1) is 0 Å². The lowest BCUT2D eigenvalue weighted by molar-refractivity contribution is -0.139. The Bertz CT molecular complexity index is 502. The number of carboxylic acids is 1. The molecule has 8 heteroatoms.